The van der Waals surface area contributed by atoms with Crippen LogP contribution in [0.4, 0.5) is 4.39 Å². The lowest BCUT2D eigenvalue weighted by molar-refractivity contribution is 0.630. The maximum absolute atomic E-state index is 13.0. The van der Waals surface area contributed by atoms with Crippen LogP contribution >= 0.6 is 23.1 Å². The number of hydrogen-bond donors (Lipinski definition) is 1. The van der Waals surface area contributed by atoms with E-state index < -0.39 is 5.82 Å². The van der Waals surface area contributed by atoms with Gasteiger partial charge in [0.1, 0.15) is 5.82 Å². The minimum Gasteiger partial charge on any atom is -0.325 e. The van der Waals surface area contributed by atoms with Crippen molar-refractivity contribution in [3.8, 4) is 0 Å². The van der Waals surface area contributed by atoms with Crippen LogP contribution in [0.25, 0.3) is 10.1 Å². The van der Waals surface area contributed by atoms with Gasteiger partial charge < -0.3 is 5.73 Å². The molecule has 0 atom stereocenters. The van der Waals surface area contributed by atoms with Crippen molar-refractivity contribution < 1.29 is 4.39 Å². The van der Waals surface area contributed by atoms with E-state index in [4.69, 9.17) is 17.3 Å². The van der Waals surface area contributed by atoms with E-state index in [-0.39, 0.29) is 11.6 Å². The second kappa shape index (κ2) is 3.21. The number of rotatable bonds is 1. The molecule has 0 saturated heterocycles. The molecule has 0 fully saturated rings. The van der Waals surface area contributed by atoms with E-state index in [0.29, 0.717) is 11.1 Å². The molecule has 1 aromatic carbocycles. The monoisotopic (exact) mass is 216 g/mol. The zero-order valence-electron chi connectivity index (χ0n) is 6.55. The number of fused-ring (bicyclic) bond motifs is 1. The van der Waals surface area contributed by atoms with Crippen LogP contribution in [0, 0.1) is 5.82 Å². The maximum Gasteiger partial charge on any atom is 0.142 e. The van der Waals surface area contributed by atoms with Gasteiger partial charge in [0, 0.05) is 11.9 Å². The molecule has 0 aliphatic heterocycles. The molecule has 0 aliphatic carbocycles. The SMILES string of the molecule is NCc1nsc2ccc(F)c(Cl)c12. The molecule has 2 aromatic rings. The molecule has 2 nitrogen and oxygen atoms in total. The van der Waals surface area contributed by atoms with E-state index >= 15 is 0 Å². The van der Waals surface area contributed by atoms with Gasteiger partial charge in [0.25, 0.3) is 0 Å². The fourth-order valence-electron chi connectivity index (χ4n) is 1.17. The van der Waals surface area contributed by atoms with Crippen molar-refractivity contribution in [3.63, 3.8) is 0 Å². The van der Waals surface area contributed by atoms with Crippen LogP contribution in [0.1, 0.15) is 5.69 Å². The van der Waals surface area contributed by atoms with E-state index in [1.54, 1.807) is 6.07 Å². The molecule has 2 rings (SSSR count). The molecule has 0 bridgehead atoms. The average Bonchev–Trinajstić information content (AvgIpc) is 2.55. The molecule has 5 heteroatoms. The Morgan fingerprint density at radius 3 is 3.00 bits per heavy atom. The van der Waals surface area contributed by atoms with Gasteiger partial charge in [-0.3, -0.25) is 0 Å². The van der Waals surface area contributed by atoms with Crippen LogP contribution in [-0.4, -0.2) is 4.37 Å². The lowest BCUT2D eigenvalue weighted by Gasteiger charge is -1.96. The lowest BCUT2D eigenvalue weighted by Crippen LogP contribution is -1.96. The van der Waals surface area contributed by atoms with E-state index in [1.807, 2.05) is 0 Å². The van der Waals surface area contributed by atoms with Crippen LogP contribution in [-0.2, 0) is 6.54 Å². The van der Waals surface area contributed by atoms with Crippen LogP contribution in [0.15, 0.2) is 12.1 Å². The van der Waals surface area contributed by atoms with E-state index in [9.17, 15) is 4.39 Å². The Labute approximate surface area is 83.3 Å². The summed E-state index contributed by atoms with van der Waals surface area (Å²) in [5.74, 6) is -0.427. The van der Waals surface area contributed by atoms with Gasteiger partial charge in [-0.15, -0.1) is 0 Å². The maximum atomic E-state index is 13.0. The van der Waals surface area contributed by atoms with E-state index in [0.717, 1.165) is 4.70 Å². The Bertz CT molecular complexity index is 455. The number of nitrogens with zero attached hydrogens (tertiary/aromatic N) is 1. The van der Waals surface area contributed by atoms with Gasteiger partial charge in [-0.2, -0.15) is 4.37 Å². The second-order valence-electron chi connectivity index (χ2n) is 2.57. The number of nitrogens with two attached hydrogens (primary N) is 1. The highest BCUT2D eigenvalue weighted by Crippen LogP contribution is 2.31. The Kier molecular flexibility index (Phi) is 2.19. The van der Waals surface area contributed by atoms with Crippen molar-refractivity contribution >= 4 is 33.2 Å². The first-order valence-corrected chi connectivity index (χ1v) is 4.81. The van der Waals surface area contributed by atoms with Gasteiger partial charge in [0.15, 0.2) is 0 Å². The van der Waals surface area contributed by atoms with Gasteiger partial charge in [0.2, 0.25) is 0 Å². The van der Waals surface area contributed by atoms with Gasteiger partial charge in [0.05, 0.1) is 15.4 Å². The molecule has 13 heavy (non-hydrogen) atoms. The van der Waals surface area contributed by atoms with Gasteiger partial charge in [-0.05, 0) is 23.7 Å². The number of aromatic nitrogens is 1. The summed E-state index contributed by atoms with van der Waals surface area (Å²) in [6, 6.07) is 3.00. The molecular weight excluding hydrogens is 211 g/mol. The summed E-state index contributed by atoms with van der Waals surface area (Å²) in [7, 11) is 0. The highest BCUT2D eigenvalue weighted by Gasteiger charge is 2.11. The first-order valence-electron chi connectivity index (χ1n) is 3.66. The molecule has 0 aliphatic rings. The number of benzene rings is 1. The molecule has 2 N–H and O–H groups in total. The summed E-state index contributed by atoms with van der Waals surface area (Å²) in [6.45, 7) is 0.281. The predicted octanol–water partition coefficient (Wildman–Crippen LogP) is 2.55. The molecule has 0 radical (unpaired) electrons. The normalized spacial score (nSPS) is 11.0. The molecule has 0 spiro atoms. The molecule has 1 heterocycles. The van der Waals surface area contributed by atoms with Gasteiger partial charge >= 0.3 is 0 Å². The molecular formula is C8H6ClFN2S. The van der Waals surface area contributed by atoms with Crippen molar-refractivity contribution in [1.82, 2.24) is 4.37 Å². The number of hydrogen-bond acceptors (Lipinski definition) is 3. The largest absolute Gasteiger partial charge is 0.325 e. The summed E-state index contributed by atoms with van der Waals surface area (Å²) in [5, 5.41) is 0.765. The second-order valence-corrected chi connectivity index (χ2v) is 3.75. The Morgan fingerprint density at radius 1 is 1.54 bits per heavy atom. The van der Waals surface area contributed by atoms with Crippen LogP contribution in [0.3, 0.4) is 0 Å². The summed E-state index contributed by atoms with van der Waals surface area (Å²) in [6.07, 6.45) is 0. The minimum absolute atomic E-state index is 0.117. The Balaban J connectivity index is 2.85. The van der Waals surface area contributed by atoms with Crippen molar-refractivity contribution in [2.75, 3.05) is 0 Å². The number of halogens is 2. The first-order chi connectivity index (χ1) is 6.24. The fraction of sp³-hybridized carbons (Fsp3) is 0.125. The quantitative estimate of drug-likeness (QED) is 0.796. The fourth-order valence-corrected chi connectivity index (χ4v) is 2.31. The predicted molar refractivity (Wildman–Crippen MR) is 52.5 cm³/mol. The van der Waals surface area contributed by atoms with Crippen LogP contribution < -0.4 is 5.73 Å². The zero-order valence-corrected chi connectivity index (χ0v) is 8.12. The smallest absolute Gasteiger partial charge is 0.142 e. The van der Waals surface area contributed by atoms with Crippen molar-refractivity contribution in [3.05, 3.63) is 28.7 Å². The lowest BCUT2D eigenvalue weighted by atomic mass is 10.2. The summed E-state index contributed by atoms with van der Waals surface area (Å²) < 4.78 is 18.0. The third-order valence-corrected chi connectivity index (χ3v) is 3.01. The van der Waals surface area contributed by atoms with Gasteiger partial charge in [-0.1, -0.05) is 11.6 Å². The van der Waals surface area contributed by atoms with Crippen LogP contribution in [0.5, 0.6) is 0 Å². The van der Waals surface area contributed by atoms with Crippen molar-refractivity contribution in [2.24, 2.45) is 5.73 Å². The van der Waals surface area contributed by atoms with Gasteiger partial charge in [-0.25, -0.2) is 4.39 Å². The Hall–Kier alpha value is -0.710. The Morgan fingerprint density at radius 2 is 2.31 bits per heavy atom. The summed E-state index contributed by atoms with van der Waals surface area (Å²) in [4.78, 5) is 0. The summed E-state index contributed by atoms with van der Waals surface area (Å²) in [5.41, 5.74) is 6.10. The molecule has 0 amide bonds. The topological polar surface area (TPSA) is 38.9 Å². The third-order valence-electron chi connectivity index (χ3n) is 1.79. The molecule has 68 valence electrons. The highest BCUT2D eigenvalue weighted by molar-refractivity contribution is 7.13. The zero-order chi connectivity index (χ0) is 9.42. The third kappa shape index (κ3) is 1.31. The van der Waals surface area contributed by atoms with E-state index in [1.165, 1.54) is 17.6 Å². The summed E-state index contributed by atoms with van der Waals surface area (Å²) >= 11 is 7.07. The minimum atomic E-state index is -0.427. The van der Waals surface area contributed by atoms with Crippen molar-refractivity contribution in [2.45, 2.75) is 6.54 Å². The molecule has 0 unspecified atom stereocenters. The van der Waals surface area contributed by atoms with E-state index in [2.05, 4.69) is 4.37 Å². The molecule has 0 saturated carbocycles. The first kappa shape index (κ1) is 8.87. The molecule has 1 aromatic heterocycles. The van der Waals surface area contributed by atoms with Crippen molar-refractivity contribution in [1.29, 1.82) is 0 Å². The highest BCUT2D eigenvalue weighted by atomic mass is 35.5. The standard InChI is InChI=1S/C8H6ClFN2S/c9-8-4(10)1-2-6-7(8)5(3-11)12-13-6/h1-2H,3,11H2. The van der Waals surface area contributed by atoms with Crippen LogP contribution in [0.2, 0.25) is 5.02 Å². The average molecular weight is 217 g/mol.